The van der Waals surface area contributed by atoms with E-state index in [1.807, 2.05) is 0 Å². The summed E-state index contributed by atoms with van der Waals surface area (Å²) in [5.74, 6) is 0. The van der Waals surface area contributed by atoms with Gasteiger partial charge in [-0.05, 0) is 12.8 Å². The average Bonchev–Trinajstić information content (AvgIpc) is 2.49. The highest BCUT2D eigenvalue weighted by Gasteiger charge is 2.52. The van der Waals surface area contributed by atoms with E-state index in [2.05, 4.69) is 0 Å². The van der Waals surface area contributed by atoms with Crippen molar-refractivity contribution < 1.29 is 26.7 Å². The van der Waals surface area contributed by atoms with Crippen molar-refractivity contribution in [3.8, 4) is 0 Å². The average molecular weight is 233 g/mol. The number of aliphatic hydroxyl groups is 1. The Bertz CT molecular complexity index is 300. The van der Waals surface area contributed by atoms with Gasteiger partial charge in [-0.1, -0.05) is 0 Å². The molecule has 0 aromatic carbocycles. The zero-order valence-electron chi connectivity index (χ0n) is 7.16. The number of alkyl halides is 3. The first-order valence-corrected chi connectivity index (χ1v) is 5.43. The van der Waals surface area contributed by atoms with Crippen molar-refractivity contribution >= 4 is 10.0 Å². The number of sulfonamides is 1. The molecule has 1 N–H and O–H groups in total. The molecule has 0 aromatic rings. The third-order valence-corrected chi connectivity index (χ3v) is 3.82. The Morgan fingerprint density at radius 3 is 2.43 bits per heavy atom. The van der Waals surface area contributed by atoms with Crippen LogP contribution >= 0.6 is 0 Å². The van der Waals surface area contributed by atoms with Crippen LogP contribution in [0.4, 0.5) is 13.2 Å². The summed E-state index contributed by atoms with van der Waals surface area (Å²) in [6.07, 6.45) is 0.617. The minimum atomic E-state index is -5.27. The summed E-state index contributed by atoms with van der Waals surface area (Å²) in [6.45, 7) is -0.748. The van der Waals surface area contributed by atoms with E-state index in [4.69, 9.17) is 5.11 Å². The van der Waals surface area contributed by atoms with Gasteiger partial charge < -0.3 is 5.11 Å². The van der Waals surface area contributed by atoms with Gasteiger partial charge in [-0.3, -0.25) is 0 Å². The summed E-state index contributed by atoms with van der Waals surface area (Å²) < 4.78 is 58.4. The first kappa shape index (κ1) is 11.7. The largest absolute Gasteiger partial charge is 0.511 e. The number of halogens is 3. The van der Waals surface area contributed by atoms with E-state index in [1.54, 1.807) is 0 Å². The highest BCUT2D eigenvalue weighted by Crippen LogP contribution is 2.31. The van der Waals surface area contributed by atoms with Crippen molar-refractivity contribution in [2.24, 2.45) is 0 Å². The molecular weight excluding hydrogens is 223 g/mol. The van der Waals surface area contributed by atoms with Gasteiger partial charge in [0.25, 0.3) is 0 Å². The molecule has 84 valence electrons. The van der Waals surface area contributed by atoms with E-state index < -0.39 is 28.2 Å². The second-order valence-corrected chi connectivity index (χ2v) is 4.92. The molecule has 14 heavy (non-hydrogen) atoms. The molecule has 4 nitrogen and oxygen atoms in total. The predicted molar refractivity (Wildman–Crippen MR) is 41.8 cm³/mol. The molecule has 1 atom stereocenters. The van der Waals surface area contributed by atoms with Crippen molar-refractivity contribution in [1.82, 2.24) is 4.31 Å². The molecule has 0 spiro atoms. The lowest BCUT2D eigenvalue weighted by molar-refractivity contribution is -0.0497. The highest BCUT2D eigenvalue weighted by atomic mass is 32.2. The molecule has 1 aliphatic heterocycles. The Kier molecular flexibility index (Phi) is 3.07. The van der Waals surface area contributed by atoms with Crippen molar-refractivity contribution in [2.45, 2.75) is 24.4 Å². The number of aliphatic hydroxyl groups excluding tert-OH is 1. The summed E-state index contributed by atoms with van der Waals surface area (Å²) >= 11 is 0. The lowest BCUT2D eigenvalue weighted by Crippen LogP contribution is -2.44. The van der Waals surface area contributed by atoms with Gasteiger partial charge in [-0.25, -0.2) is 8.42 Å². The molecule has 0 amide bonds. The van der Waals surface area contributed by atoms with Crippen LogP contribution in [-0.2, 0) is 10.0 Å². The van der Waals surface area contributed by atoms with Crippen LogP contribution in [0.3, 0.4) is 0 Å². The fourth-order valence-corrected chi connectivity index (χ4v) is 2.64. The molecule has 1 fully saturated rings. The maximum Gasteiger partial charge on any atom is 0.511 e. The van der Waals surface area contributed by atoms with E-state index in [0.717, 1.165) is 0 Å². The van der Waals surface area contributed by atoms with Crippen molar-refractivity contribution in [1.29, 1.82) is 0 Å². The van der Waals surface area contributed by atoms with Crippen LogP contribution < -0.4 is 0 Å². The molecule has 1 rings (SSSR count). The second kappa shape index (κ2) is 3.67. The topological polar surface area (TPSA) is 57.6 Å². The van der Waals surface area contributed by atoms with Gasteiger partial charge in [0.1, 0.15) is 0 Å². The maximum absolute atomic E-state index is 12.1. The number of nitrogens with zero attached hydrogens (tertiary/aromatic N) is 1. The lowest BCUT2D eigenvalue weighted by atomic mass is 10.2. The van der Waals surface area contributed by atoms with Crippen LogP contribution in [-0.4, -0.2) is 42.5 Å². The quantitative estimate of drug-likeness (QED) is 0.746. The predicted octanol–water partition coefficient (Wildman–Crippen LogP) is 0.293. The van der Waals surface area contributed by atoms with E-state index in [1.165, 1.54) is 0 Å². The van der Waals surface area contributed by atoms with Crippen LogP contribution in [0.2, 0.25) is 0 Å². The first-order chi connectivity index (χ1) is 6.30. The maximum atomic E-state index is 12.1. The summed E-state index contributed by atoms with van der Waals surface area (Å²) in [6, 6.07) is -0.929. The van der Waals surface area contributed by atoms with Crippen LogP contribution in [0.5, 0.6) is 0 Å². The van der Waals surface area contributed by atoms with Gasteiger partial charge in [0.05, 0.1) is 6.61 Å². The van der Waals surface area contributed by atoms with Crippen LogP contribution in [0.25, 0.3) is 0 Å². The molecule has 0 bridgehead atoms. The van der Waals surface area contributed by atoms with Gasteiger partial charge in [0.15, 0.2) is 0 Å². The van der Waals surface area contributed by atoms with Gasteiger partial charge in [0.2, 0.25) is 0 Å². The Labute approximate surface area is 79.4 Å². The fourth-order valence-electron chi connectivity index (χ4n) is 1.44. The smallest absolute Gasteiger partial charge is 0.395 e. The van der Waals surface area contributed by atoms with Crippen molar-refractivity contribution in [2.75, 3.05) is 13.2 Å². The van der Waals surface area contributed by atoms with Crippen LogP contribution in [0.1, 0.15) is 12.8 Å². The van der Waals surface area contributed by atoms with Gasteiger partial charge in [-0.15, -0.1) is 0 Å². The minimum absolute atomic E-state index is 0.174. The Hall–Kier alpha value is -0.340. The summed E-state index contributed by atoms with van der Waals surface area (Å²) in [7, 11) is -5.26. The van der Waals surface area contributed by atoms with Crippen LogP contribution in [0.15, 0.2) is 0 Å². The Morgan fingerprint density at radius 2 is 2.00 bits per heavy atom. The Balaban J connectivity index is 2.93. The minimum Gasteiger partial charge on any atom is -0.395 e. The van der Waals surface area contributed by atoms with E-state index in [0.29, 0.717) is 10.7 Å². The number of hydrogen-bond acceptors (Lipinski definition) is 3. The molecule has 0 aromatic heterocycles. The summed E-state index contributed by atoms with van der Waals surface area (Å²) in [4.78, 5) is 0. The molecule has 0 saturated carbocycles. The molecule has 1 saturated heterocycles. The Morgan fingerprint density at radius 1 is 1.43 bits per heavy atom. The van der Waals surface area contributed by atoms with E-state index in [-0.39, 0.29) is 13.0 Å². The summed E-state index contributed by atoms with van der Waals surface area (Å²) in [5, 5.41) is 8.69. The number of rotatable bonds is 2. The molecule has 0 aliphatic carbocycles. The highest BCUT2D eigenvalue weighted by molar-refractivity contribution is 7.90. The standard InChI is InChI=1S/C6H10F3NO3S/c7-6(8,9)14(12,13)10-3-1-2-5(10)4-11/h5,11H,1-4H2/t5-/m1/s1. The molecular formula is C6H10F3NO3S. The second-order valence-electron chi connectivity index (χ2n) is 3.04. The molecule has 1 aliphatic rings. The van der Waals surface area contributed by atoms with Crippen LogP contribution in [0, 0.1) is 0 Å². The van der Waals surface area contributed by atoms with E-state index >= 15 is 0 Å². The fraction of sp³-hybridized carbons (Fsp3) is 1.00. The van der Waals surface area contributed by atoms with Crippen molar-refractivity contribution in [3.05, 3.63) is 0 Å². The van der Waals surface area contributed by atoms with Gasteiger partial charge in [0, 0.05) is 12.6 Å². The number of hydrogen-bond donors (Lipinski definition) is 1. The van der Waals surface area contributed by atoms with E-state index in [9.17, 15) is 21.6 Å². The zero-order chi connectivity index (χ0) is 11.0. The molecule has 0 unspecified atom stereocenters. The van der Waals surface area contributed by atoms with Gasteiger partial charge >= 0.3 is 15.5 Å². The molecule has 0 radical (unpaired) electrons. The third kappa shape index (κ3) is 1.86. The normalized spacial score (nSPS) is 25.6. The molecule has 8 heteroatoms. The van der Waals surface area contributed by atoms with Gasteiger partial charge in [-0.2, -0.15) is 17.5 Å². The SMILES string of the molecule is O=S(=O)(N1CCC[C@@H]1CO)C(F)(F)F. The third-order valence-electron chi connectivity index (χ3n) is 2.14. The lowest BCUT2D eigenvalue weighted by Gasteiger charge is -2.23. The van der Waals surface area contributed by atoms with Crippen molar-refractivity contribution in [3.63, 3.8) is 0 Å². The zero-order valence-corrected chi connectivity index (χ0v) is 7.98. The summed E-state index contributed by atoms with van der Waals surface area (Å²) in [5.41, 5.74) is -5.27. The first-order valence-electron chi connectivity index (χ1n) is 3.99. The monoisotopic (exact) mass is 233 g/mol. The molecule has 1 heterocycles.